The molecule has 2 aliphatic heterocycles. The number of nitrogens with zero attached hydrogens (tertiary/aromatic N) is 5. The average molecular weight is 867 g/mol. The second kappa shape index (κ2) is 14.0. The van der Waals surface area contributed by atoms with E-state index in [-0.39, 0.29) is 34.0 Å². The molecular formula is C37H26Cl2F5N5O10. The van der Waals surface area contributed by atoms with Gasteiger partial charge in [0.25, 0.3) is 11.8 Å². The van der Waals surface area contributed by atoms with Crippen molar-refractivity contribution >= 4 is 81.3 Å². The Balaban J connectivity index is 1.40. The molecule has 4 aliphatic rings. The minimum atomic E-state index is -2.83. The van der Waals surface area contributed by atoms with Crippen LogP contribution in [0.5, 0.6) is 11.5 Å². The van der Waals surface area contributed by atoms with Gasteiger partial charge in [-0.1, -0.05) is 29.9 Å². The Hall–Kier alpha value is -6.15. The number of imide groups is 2. The molecule has 308 valence electrons. The van der Waals surface area contributed by atoms with Crippen molar-refractivity contribution in [3.05, 3.63) is 103 Å². The number of allylic oxidation sites excluding steroid dienone is 3. The molecule has 3 aromatic rings. The molecule has 0 spiro atoms. The second-order valence-electron chi connectivity index (χ2n) is 14.3. The number of hydrogen-bond donors (Lipinski definition) is 1. The molecule has 7 rings (SSSR count). The lowest BCUT2D eigenvalue weighted by Crippen LogP contribution is -2.60. The highest BCUT2D eigenvalue weighted by Gasteiger charge is 2.76. The van der Waals surface area contributed by atoms with Crippen molar-refractivity contribution in [1.82, 2.24) is 0 Å². The van der Waals surface area contributed by atoms with Gasteiger partial charge < -0.3 is 14.7 Å². The topological polar surface area (TPSA) is 194 Å². The Kier molecular flexibility index (Phi) is 9.74. The van der Waals surface area contributed by atoms with Crippen LogP contribution in [0.15, 0.2) is 48.1 Å². The van der Waals surface area contributed by atoms with Crippen molar-refractivity contribution < 1.29 is 60.8 Å². The van der Waals surface area contributed by atoms with E-state index in [1.54, 1.807) is 0 Å². The first-order valence-electron chi connectivity index (χ1n) is 17.2. The number of fused-ring (bicyclic) bond motifs is 4. The summed E-state index contributed by atoms with van der Waals surface area (Å²) in [5, 5.41) is 34.3. The number of nitro benzene ring substituents is 2. The van der Waals surface area contributed by atoms with Gasteiger partial charge in [-0.25, -0.2) is 31.8 Å². The van der Waals surface area contributed by atoms with Crippen molar-refractivity contribution in [2.45, 2.75) is 22.6 Å². The third-order valence-electron chi connectivity index (χ3n) is 11.1. The van der Waals surface area contributed by atoms with Crippen LogP contribution in [-0.2, 0) is 19.2 Å². The molecule has 0 radical (unpaired) electrons. The molecule has 15 nitrogen and oxygen atoms in total. The maximum absolute atomic E-state index is 15.3. The van der Waals surface area contributed by atoms with E-state index in [4.69, 9.17) is 27.9 Å². The van der Waals surface area contributed by atoms with Gasteiger partial charge in [0.1, 0.15) is 5.69 Å². The molecule has 1 N–H and O–H groups in total. The zero-order chi connectivity index (χ0) is 43.4. The van der Waals surface area contributed by atoms with E-state index in [1.807, 2.05) is 0 Å². The third kappa shape index (κ3) is 5.66. The molecule has 3 fully saturated rings. The number of halogens is 7. The van der Waals surface area contributed by atoms with E-state index in [1.165, 1.54) is 57.6 Å². The van der Waals surface area contributed by atoms with Crippen LogP contribution in [0.2, 0.25) is 0 Å². The minimum Gasteiger partial charge on any atom is -0.504 e. The highest BCUT2D eigenvalue weighted by molar-refractivity contribution is 6.58. The summed E-state index contributed by atoms with van der Waals surface area (Å²) in [4.78, 5) is 75.3. The van der Waals surface area contributed by atoms with E-state index < -0.39 is 131 Å². The molecule has 6 atom stereocenters. The van der Waals surface area contributed by atoms with Gasteiger partial charge in [0.2, 0.25) is 17.6 Å². The summed E-state index contributed by atoms with van der Waals surface area (Å²) >= 11 is 14.2. The van der Waals surface area contributed by atoms with Gasteiger partial charge >= 0.3 is 11.4 Å². The maximum atomic E-state index is 15.3. The second-order valence-corrected chi connectivity index (χ2v) is 15.5. The molecule has 2 saturated heterocycles. The van der Waals surface area contributed by atoms with Crippen molar-refractivity contribution in [3.63, 3.8) is 0 Å². The fourth-order valence-electron chi connectivity index (χ4n) is 8.53. The van der Waals surface area contributed by atoms with E-state index in [9.17, 15) is 57.7 Å². The number of ether oxygens (including phenoxy) is 1. The number of aromatic hydroxyl groups is 1. The van der Waals surface area contributed by atoms with Gasteiger partial charge in [0, 0.05) is 32.1 Å². The lowest BCUT2D eigenvalue weighted by atomic mass is 9.57. The first kappa shape index (κ1) is 41.0. The lowest BCUT2D eigenvalue weighted by molar-refractivity contribution is -0.392. The van der Waals surface area contributed by atoms with Crippen molar-refractivity contribution in [2.75, 3.05) is 35.9 Å². The summed E-state index contributed by atoms with van der Waals surface area (Å²) in [7, 11) is 3.85. The lowest BCUT2D eigenvalue weighted by Gasteiger charge is -2.49. The van der Waals surface area contributed by atoms with Crippen molar-refractivity contribution in [1.29, 1.82) is 0 Å². The van der Waals surface area contributed by atoms with Crippen LogP contribution >= 0.6 is 23.2 Å². The molecule has 1 saturated carbocycles. The van der Waals surface area contributed by atoms with Gasteiger partial charge in [0.15, 0.2) is 50.2 Å². The summed E-state index contributed by atoms with van der Waals surface area (Å²) in [6, 6.07) is 5.56. The first-order chi connectivity index (χ1) is 27.6. The molecule has 0 aromatic heterocycles. The van der Waals surface area contributed by atoms with E-state index in [0.29, 0.717) is 4.90 Å². The number of anilines is 3. The number of carbonyl (C=O) groups is 4. The molecule has 2 aliphatic carbocycles. The van der Waals surface area contributed by atoms with Crippen LogP contribution < -0.4 is 19.4 Å². The highest BCUT2D eigenvalue weighted by Crippen LogP contribution is 2.64. The fourth-order valence-corrected chi connectivity index (χ4v) is 9.42. The van der Waals surface area contributed by atoms with Gasteiger partial charge in [-0.2, -0.15) is 0 Å². The Morgan fingerprint density at radius 3 is 1.98 bits per heavy atom. The fraction of sp³-hybridized carbons (Fsp3) is 0.297. The van der Waals surface area contributed by atoms with Gasteiger partial charge in [-0.3, -0.25) is 39.4 Å². The number of nitro groups is 2. The molecular weight excluding hydrogens is 840 g/mol. The molecule has 6 unspecified atom stereocenters. The Morgan fingerprint density at radius 2 is 1.44 bits per heavy atom. The molecule has 2 heterocycles. The number of rotatable bonds is 8. The summed E-state index contributed by atoms with van der Waals surface area (Å²) in [5.74, 6) is -24.2. The largest absolute Gasteiger partial charge is 0.504 e. The number of phenols is 1. The van der Waals surface area contributed by atoms with Gasteiger partial charge in [-0.05, 0) is 36.5 Å². The van der Waals surface area contributed by atoms with Crippen LogP contribution in [0.1, 0.15) is 18.4 Å². The zero-order valence-corrected chi connectivity index (χ0v) is 31.9. The molecule has 0 bridgehead atoms. The number of hydrogen-bond acceptors (Lipinski definition) is 11. The Morgan fingerprint density at radius 1 is 0.864 bits per heavy atom. The van der Waals surface area contributed by atoms with Crippen LogP contribution in [0.4, 0.5) is 50.4 Å². The number of amides is 4. The maximum Gasteiger partial charge on any atom is 0.301 e. The predicted molar refractivity (Wildman–Crippen MR) is 197 cm³/mol. The predicted octanol–water partition coefficient (Wildman–Crippen LogP) is 6.29. The van der Waals surface area contributed by atoms with Crippen molar-refractivity contribution in [3.8, 4) is 11.5 Å². The summed E-state index contributed by atoms with van der Waals surface area (Å²) in [5.41, 5.74) is -4.23. The third-order valence-corrected chi connectivity index (χ3v) is 12.5. The standard InChI is InChI=1S/C37H26Cl2F5N5O10/c1-45(2)30-20(48(55)56)11-15(12-21(30)49(57)58)46-32(51)17-7-6-16-18(24(17)33(46)52)13-36(38)34(53)47(31-28(43)26(41)25(40)27(42)29(31)44)35(54)37(36,39)19(16)8-4-14-5-9-22(50)23(10-14)59-3/h4-6,8-12,17-19,24,50H,7,13H2,1-3H3. The summed E-state index contributed by atoms with van der Waals surface area (Å²) in [6.07, 6.45) is 2.84. The first-order valence-corrected chi connectivity index (χ1v) is 17.9. The Bertz CT molecular complexity index is 2480. The van der Waals surface area contributed by atoms with Crippen molar-refractivity contribution in [2.24, 2.45) is 23.7 Å². The zero-order valence-electron chi connectivity index (χ0n) is 30.3. The van der Waals surface area contributed by atoms with E-state index >= 15 is 8.78 Å². The summed E-state index contributed by atoms with van der Waals surface area (Å²) in [6.45, 7) is 0. The Labute approximate surface area is 338 Å². The van der Waals surface area contributed by atoms with Gasteiger partial charge in [0.05, 0.1) is 34.5 Å². The normalized spacial score (nSPS) is 26.2. The number of phenolic OH excluding ortho intramolecular Hbond substituents is 1. The number of benzene rings is 3. The summed E-state index contributed by atoms with van der Waals surface area (Å²) < 4.78 is 78.9. The quantitative estimate of drug-likeness (QED) is 0.0391. The number of methoxy groups -OCH3 is 1. The van der Waals surface area contributed by atoms with Crippen LogP contribution in [0.25, 0.3) is 6.08 Å². The highest BCUT2D eigenvalue weighted by atomic mass is 35.5. The van der Waals surface area contributed by atoms with Crippen LogP contribution in [0, 0.1) is 73.0 Å². The monoisotopic (exact) mass is 865 g/mol. The molecule has 3 aromatic carbocycles. The van der Waals surface area contributed by atoms with Gasteiger partial charge in [-0.15, -0.1) is 23.2 Å². The van der Waals surface area contributed by atoms with E-state index in [2.05, 4.69) is 0 Å². The number of alkyl halides is 2. The van der Waals surface area contributed by atoms with E-state index in [0.717, 1.165) is 17.0 Å². The molecule has 4 amide bonds. The van der Waals surface area contributed by atoms with Crippen LogP contribution in [-0.4, -0.2) is 69.5 Å². The number of carbonyl (C=O) groups excluding carboxylic acids is 4. The van der Waals surface area contributed by atoms with Crippen LogP contribution in [0.3, 0.4) is 0 Å². The minimum absolute atomic E-state index is 0.0143. The average Bonchev–Trinajstić information content (AvgIpc) is 3.53. The molecule has 22 heteroatoms. The molecule has 59 heavy (non-hydrogen) atoms. The smallest absolute Gasteiger partial charge is 0.301 e. The SMILES string of the molecule is COc1cc(C=CC2C3=CCC4C(=O)N(c5cc([N+](=O)[O-])c(N(C)C)c([N+](=O)[O-])c5)C(=O)C4C3CC3(Cl)C(=O)N(c4c(F)c(F)c(F)c(F)c4F)C(=O)C23Cl)ccc1O.